The standard InChI is InChI=1S/C15H15N5O4.H3N/c21-15(18-17-9-13-2-1-7-16-8-13)11-24-14-5-3-12(4-6-14)10-20(23)19-22;/h1-9,22H,10-11H2,(H,18,21);1H3/p+1/b17-9+,20-19-;. The number of ether oxygens (including phenoxy) is 1. The van der Waals surface area contributed by atoms with Crippen LogP contribution in [0.15, 0.2) is 59.2 Å². The molecule has 0 saturated heterocycles. The molecule has 0 aliphatic rings. The largest absolute Gasteiger partial charge is 0.597 e. The van der Waals surface area contributed by atoms with Gasteiger partial charge in [-0.1, -0.05) is 10.9 Å². The summed E-state index contributed by atoms with van der Waals surface area (Å²) < 4.78 is 5.29. The summed E-state index contributed by atoms with van der Waals surface area (Å²) in [6, 6.07) is 10.0. The average Bonchev–Trinajstić information content (AvgIpc) is 2.62. The van der Waals surface area contributed by atoms with Gasteiger partial charge in [-0.3, -0.25) is 9.78 Å². The molecule has 10 nitrogen and oxygen atoms in total. The number of carbonyl (C=O) groups is 1. The maximum absolute atomic E-state index is 11.6. The van der Waals surface area contributed by atoms with Crippen LogP contribution in [0.25, 0.3) is 0 Å². The van der Waals surface area contributed by atoms with Crippen molar-refractivity contribution in [3.8, 4) is 5.75 Å². The maximum atomic E-state index is 11.6. The summed E-state index contributed by atoms with van der Waals surface area (Å²) in [4.78, 5) is 15.7. The number of hydrogen-bond donors (Lipinski definition) is 3. The van der Waals surface area contributed by atoms with Gasteiger partial charge in [0.15, 0.2) is 11.9 Å². The minimum Gasteiger partial charge on any atom is -0.597 e. The molecule has 2 aromatic rings. The topological polar surface area (TPSA) is 159 Å². The number of hydrogen-bond acceptors (Lipinski definition) is 6. The number of amides is 1. The van der Waals surface area contributed by atoms with Gasteiger partial charge in [0, 0.05) is 23.5 Å². The fourth-order valence-corrected chi connectivity index (χ4v) is 1.69. The Morgan fingerprint density at radius 3 is 2.76 bits per heavy atom. The highest BCUT2D eigenvalue weighted by molar-refractivity contribution is 5.82. The summed E-state index contributed by atoms with van der Waals surface area (Å²) in [6.07, 6.45) is 4.73. The number of rotatable bonds is 7. The van der Waals surface area contributed by atoms with Gasteiger partial charge in [0.25, 0.3) is 5.91 Å². The van der Waals surface area contributed by atoms with Crippen molar-refractivity contribution in [2.24, 2.45) is 10.4 Å². The third-order valence-electron chi connectivity index (χ3n) is 2.80. The van der Waals surface area contributed by atoms with Crippen LogP contribution in [0.2, 0.25) is 0 Å². The molecule has 1 amide bonds. The summed E-state index contributed by atoms with van der Waals surface area (Å²) in [5.41, 5.74) is 3.74. The Bertz CT molecular complexity index is 719. The fourth-order valence-electron chi connectivity index (χ4n) is 1.69. The predicted molar refractivity (Wildman–Crippen MR) is 89.4 cm³/mol. The van der Waals surface area contributed by atoms with Crippen molar-refractivity contribution >= 4 is 12.1 Å². The van der Waals surface area contributed by atoms with E-state index in [0.717, 1.165) is 5.56 Å². The molecule has 0 unspecified atom stereocenters. The molecule has 10 heteroatoms. The third kappa shape index (κ3) is 7.05. The second-order valence-corrected chi connectivity index (χ2v) is 4.61. The highest BCUT2D eigenvalue weighted by atomic mass is 16.6. The summed E-state index contributed by atoms with van der Waals surface area (Å²) in [6.45, 7) is -0.288. The summed E-state index contributed by atoms with van der Waals surface area (Å²) in [5.74, 6) is 0.0487. The van der Waals surface area contributed by atoms with Crippen LogP contribution in [0.5, 0.6) is 5.75 Å². The number of pyridine rings is 1. The zero-order valence-corrected chi connectivity index (χ0v) is 13.6. The van der Waals surface area contributed by atoms with Crippen molar-refractivity contribution in [2.75, 3.05) is 6.61 Å². The lowest BCUT2D eigenvalue weighted by molar-refractivity contribution is -0.570. The molecule has 0 bridgehead atoms. The van der Waals surface area contributed by atoms with E-state index >= 15 is 0 Å². The minimum atomic E-state index is -0.413. The van der Waals surface area contributed by atoms with Crippen LogP contribution >= 0.6 is 0 Å². The lowest BCUT2D eigenvalue weighted by atomic mass is 10.2. The summed E-state index contributed by atoms with van der Waals surface area (Å²) in [5, 5.41) is 25.5. The molecule has 0 saturated carbocycles. The lowest BCUT2D eigenvalue weighted by Crippen LogP contribution is -2.24. The Kier molecular flexibility index (Phi) is 8.03. The van der Waals surface area contributed by atoms with E-state index in [0.29, 0.717) is 11.3 Å². The molecule has 6 N–H and O–H groups in total. The quantitative estimate of drug-likeness (QED) is 0.301. The first-order valence-electron chi connectivity index (χ1n) is 6.91. The van der Waals surface area contributed by atoms with Crippen LogP contribution < -0.4 is 16.3 Å². The van der Waals surface area contributed by atoms with E-state index in [4.69, 9.17) is 9.94 Å². The molecule has 1 aromatic heterocycles. The van der Waals surface area contributed by atoms with Crippen LogP contribution in [0.1, 0.15) is 11.1 Å². The highest BCUT2D eigenvalue weighted by Crippen LogP contribution is 2.12. The average molecular weight is 347 g/mol. The van der Waals surface area contributed by atoms with Crippen molar-refractivity contribution in [2.45, 2.75) is 6.54 Å². The first-order valence-corrected chi connectivity index (χ1v) is 6.91. The predicted octanol–water partition coefficient (Wildman–Crippen LogP) is 1.84. The van der Waals surface area contributed by atoms with Gasteiger partial charge in [-0.25, -0.2) is 5.43 Å². The number of aromatic nitrogens is 1. The molecule has 1 heterocycles. The van der Waals surface area contributed by atoms with Crippen molar-refractivity contribution in [1.82, 2.24) is 16.6 Å². The number of quaternary nitrogens is 1. The smallest absolute Gasteiger partial charge is 0.277 e. The van der Waals surface area contributed by atoms with Gasteiger partial charge in [-0.15, -0.1) is 0 Å². The van der Waals surface area contributed by atoms with Gasteiger partial charge < -0.3 is 21.3 Å². The summed E-state index contributed by atoms with van der Waals surface area (Å²) in [7, 11) is 0. The van der Waals surface area contributed by atoms with Crippen LogP contribution in [0.3, 0.4) is 0 Å². The van der Waals surface area contributed by atoms with Gasteiger partial charge in [-0.2, -0.15) is 5.10 Å². The molecule has 0 fully saturated rings. The molecule has 0 aliphatic heterocycles. The molecule has 132 valence electrons. The van der Waals surface area contributed by atoms with Gasteiger partial charge in [0.1, 0.15) is 5.75 Å². The van der Waals surface area contributed by atoms with Crippen molar-refractivity contribution in [3.63, 3.8) is 0 Å². The van der Waals surface area contributed by atoms with Crippen LogP contribution in [0, 0.1) is 5.21 Å². The molecule has 1 aromatic carbocycles. The molecule has 0 atom stereocenters. The first kappa shape index (κ1) is 19.5. The fraction of sp³-hybridized carbons (Fsp3) is 0.133. The van der Waals surface area contributed by atoms with Crippen LogP contribution in [-0.4, -0.2) is 33.8 Å². The van der Waals surface area contributed by atoms with E-state index < -0.39 is 5.91 Å². The number of benzene rings is 1. The number of hydrazone groups is 1. The normalized spacial score (nSPS) is 11.0. The molecular formula is C15H19N6O4+. The minimum absolute atomic E-state index is 0. The first-order chi connectivity index (χ1) is 11.7. The zero-order valence-electron chi connectivity index (χ0n) is 13.6. The second-order valence-electron chi connectivity index (χ2n) is 4.61. The van der Waals surface area contributed by atoms with Crippen LogP contribution in [-0.2, 0) is 11.3 Å². The Morgan fingerprint density at radius 2 is 2.12 bits per heavy atom. The Morgan fingerprint density at radius 1 is 1.36 bits per heavy atom. The van der Waals surface area contributed by atoms with E-state index in [2.05, 4.69) is 20.8 Å². The molecular weight excluding hydrogens is 328 g/mol. The molecule has 0 aliphatic carbocycles. The SMILES string of the molecule is O=C(COc1ccc(C/[N+]([O-])=N/O)cc1)N/N=C/c1cccnc1.[NH4+]. The van der Waals surface area contributed by atoms with E-state index in [1.54, 1.807) is 48.8 Å². The lowest BCUT2D eigenvalue weighted by Gasteiger charge is -2.05. The van der Waals surface area contributed by atoms with Gasteiger partial charge in [0.05, 0.1) is 6.21 Å². The molecule has 2 rings (SSSR count). The van der Waals surface area contributed by atoms with Gasteiger partial charge in [0.2, 0.25) is 6.54 Å². The molecule has 0 radical (unpaired) electrons. The maximum Gasteiger partial charge on any atom is 0.277 e. The van der Waals surface area contributed by atoms with Crippen LogP contribution in [0.4, 0.5) is 0 Å². The number of hydroxylamine groups is 1. The van der Waals surface area contributed by atoms with E-state index in [9.17, 15) is 10.0 Å². The number of carbonyl (C=O) groups excluding carboxylic acids is 1. The number of nitrogens with zero attached hydrogens (tertiary/aromatic N) is 4. The van der Waals surface area contributed by atoms with Crippen molar-refractivity contribution in [1.29, 1.82) is 0 Å². The zero-order chi connectivity index (χ0) is 17.2. The Hall–Kier alpha value is -3.53. The van der Waals surface area contributed by atoms with Crippen molar-refractivity contribution in [3.05, 3.63) is 65.1 Å². The Labute approximate surface area is 143 Å². The highest BCUT2D eigenvalue weighted by Gasteiger charge is 2.04. The van der Waals surface area contributed by atoms with E-state index in [-0.39, 0.29) is 24.2 Å². The second kappa shape index (κ2) is 10.3. The van der Waals surface area contributed by atoms with Gasteiger partial charge in [-0.05, 0) is 30.3 Å². The van der Waals surface area contributed by atoms with Crippen molar-refractivity contribution < 1.29 is 19.6 Å². The number of nitrogens with one attached hydrogen (secondary N) is 1. The van der Waals surface area contributed by atoms with Gasteiger partial charge >= 0.3 is 0 Å². The molecule has 25 heavy (non-hydrogen) atoms. The monoisotopic (exact) mass is 347 g/mol. The molecule has 0 spiro atoms. The third-order valence-corrected chi connectivity index (χ3v) is 2.80. The van der Waals surface area contributed by atoms with E-state index in [1.807, 2.05) is 0 Å². The Balaban J connectivity index is 0.00000312. The summed E-state index contributed by atoms with van der Waals surface area (Å²) >= 11 is 0. The van der Waals surface area contributed by atoms with E-state index in [1.165, 1.54) is 6.21 Å².